The lowest BCUT2D eigenvalue weighted by Crippen LogP contribution is -2.45. The first-order valence-corrected chi connectivity index (χ1v) is 6.76. The SMILES string of the molecule is O=C1C2=C(CCCC2)C2CC3CCCC13O2. The van der Waals surface area contributed by atoms with Gasteiger partial charge in [0.2, 0.25) is 0 Å². The molecule has 2 fully saturated rings. The van der Waals surface area contributed by atoms with Gasteiger partial charge < -0.3 is 4.74 Å². The molecule has 3 atom stereocenters. The van der Waals surface area contributed by atoms with Crippen molar-refractivity contribution in [2.45, 2.75) is 63.1 Å². The Balaban J connectivity index is 1.84. The average Bonchev–Trinajstić information content (AvgIpc) is 2.82. The second-order valence-corrected chi connectivity index (χ2v) is 5.86. The highest BCUT2D eigenvalue weighted by Crippen LogP contribution is 2.55. The molecule has 0 aromatic rings. The summed E-state index contributed by atoms with van der Waals surface area (Å²) >= 11 is 0. The van der Waals surface area contributed by atoms with Gasteiger partial charge in [-0.05, 0) is 68.4 Å². The smallest absolute Gasteiger partial charge is 0.190 e. The van der Waals surface area contributed by atoms with Crippen LogP contribution >= 0.6 is 0 Å². The lowest BCUT2D eigenvalue weighted by Gasteiger charge is -2.36. The summed E-state index contributed by atoms with van der Waals surface area (Å²) in [5.41, 5.74) is 2.23. The molecule has 2 heterocycles. The van der Waals surface area contributed by atoms with Crippen molar-refractivity contribution in [2.75, 3.05) is 0 Å². The van der Waals surface area contributed by atoms with Crippen molar-refractivity contribution in [1.29, 1.82) is 0 Å². The molecule has 4 aliphatic rings. The van der Waals surface area contributed by atoms with Crippen LogP contribution in [0.2, 0.25) is 0 Å². The second kappa shape index (κ2) is 2.98. The van der Waals surface area contributed by atoms with E-state index in [0.717, 1.165) is 25.7 Å². The quantitative estimate of drug-likeness (QED) is 0.625. The van der Waals surface area contributed by atoms with E-state index in [1.807, 2.05) is 0 Å². The Bertz CT molecular complexity index is 396. The summed E-state index contributed by atoms with van der Waals surface area (Å²) in [7, 11) is 0. The first-order chi connectivity index (χ1) is 7.81. The van der Waals surface area contributed by atoms with Crippen molar-refractivity contribution in [3.8, 4) is 0 Å². The van der Waals surface area contributed by atoms with Crippen LogP contribution in [0.25, 0.3) is 0 Å². The van der Waals surface area contributed by atoms with Crippen LogP contribution in [-0.4, -0.2) is 17.5 Å². The summed E-state index contributed by atoms with van der Waals surface area (Å²) in [6.07, 6.45) is 9.44. The molecule has 2 aliphatic heterocycles. The maximum atomic E-state index is 12.6. The largest absolute Gasteiger partial charge is 0.359 e. The molecule has 4 rings (SSSR count). The van der Waals surface area contributed by atoms with Gasteiger partial charge in [0.25, 0.3) is 0 Å². The first-order valence-electron chi connectivity index (χ1n) is 6.76. The molecule has 16 heavy (non-hydrogen) atoms. The Morgan fingerprint density at radius 2 is 2.06 bits per heavy atom. The summed E-state index contributed by atoms with van der Waals surface area (Å²) in [6.45, 7) is 0. The van der Waals surface area contributed by atoms with Crippen LogP contribution in [0.5, 0.6) is 0 Å². The minimum atomic E-state index is -0.346. The Morgan fingerprint density at radius 3 is 3.00 bits per heavy atom. The second-order valence-electron chi connectivity index (χ2n) is 5.86. The maximum absolute atomic E-state index is 12.6. The standard InChI is InChI=1S/C14H18O2/c15-13-11-6-2-1-5-10(11)12-8-9-4-3-7-14(9,13)16-12/h9,12H,1-8H2. The molecule has 0 amide bonds. The number of hydrogen-bond donors (Lipinski definition) is 0. The fourth-order valence-electron chi connectivity index (χ4n) is 4.44. The van der Waals surface area contributed by atoms with Gasteiger partial charge in [0.1, 0.15) is 5.60 Å². The molecule has 0 N–H and O–H groups in total. The lowest BCUT2D eigenvalue weighted by atomic mass is 9.80. The fourth-order valence-corrected chi connectivity index (χ4v) is 4.44. The zero-order chi connectivity index (χ0) is 10.8. The van der Waals surface area contributed by atoms with Crippen LogP contribution in [0.1, 0.15) is 51.4 Å². The fraction of sp³-hybridized carbons (Fsp3) is 0.786. The van der Waals surface area contributed by atoms with Crippen LogP contribution in [0.3, 0.4) is 0 Å². The van der Waals surface area contributed by atoms with E-state index in [9.17, 15) is 4.79 Å². The molecule has 2 heteroatoms. The normalized spacial score (nSPS) is 45.9. The van der Waals surface area contributed by atoms with Crippen molar-refractivity contribution in [1.82, 2.24) is 0 Å². The monoisotopic (exact) mass is 218 g/mol. The number of ketones is 1. The zero-order valence-electron chi connectivity index (χ0n) is 9.63. The topological polar surface area (TPSA) is 26.3 Å². The predicted molar refractivity (Wildman–Crippen MR) is 60.1 cm³/mol. The molecule has 2 bridgehead atoms. The predicted octanol–water partition coefficient (Wildman–Crippen LogP) is 2.77. The van der Waals surface area contributed by atoms with E-state index in [2.05, 4.69) is 0 Å². The van der Waals surface area contributed by atoms with Gasteiger partial charge >= 0.3 is 0 Å². The van der Waals surface area contributed by atoms with Gasteiger partial charge in [-0.1, -0.05) is 0 Å². The number of carbonyl (C=O) groups is 1. The molecule has 3 unspecified atom stereocenters. The van der Waals surface area contributed by atoms with Crippen LogP contribution < -0.4 is 0 Å². The van der Waals surface area contributed by atoms with Gasteiger partial charge in [-0.25, -0.2) is 0 Å². The van der Waals surface area contributed by atoms with Crippen molar-refractivity contribution < 1.29 is 9.53 Å². The first kappa shape index (κ1) is 9.41. The van der Waals surface area contributed by atoms with E-state index in [1.54, 1.807) is 0 Å². The van der Waals surface area contributed by atoms with Crippen LogP contribution in [0, 0.1) is 5.92 Å². The minimum Gasteiger partial charge on any atom is -0.359 e. The molecule has 2 aliphatic carbocycles. The van der Waals surface area contributed by atoms with E-state index in [1.165, 1.54) is 36.8 Å². The third-order valence-corrected chi connectivity index (χ3v) is 5.17. The number of hydrogen-bond acceptors (Lipinski definition) is 2. The van der Waals surface area contributed by atoms with Gasteiger partial charge in [-0.15, -0.1) is 0 Å². The summed E-state index contributed by atoms with van der Waals surface area (Å²) in [5, 5.41) is 0. The Kier molecular flexibility index (Phi) is 1.75. The van der Waals surface area contributed by atoms with Gasteiger partial charge in [0.15, 0.2) is 5.78 Å². The summed E-state index contributed by atoms with van der Waals surface area (Å²) in [4.78, 5) is 12.6. The van der Waals surface area contributed by atoms with E-state index < -0.39 is 0 Å². The zero-order valence-corrected chi connectivity index (χ0v) is 9.63. The van der Waals surface area contributed by atoms with E-state index >= 15 is 0 Å². The number of carbonyl (C=O) groups excluding carboxylic acids is 1. The summed E-state index contributed by atoms with van der Waals surface area (Å²) in [5.74, 6) is 0.925. The van der Waals surface area contributed by atoms with E-state index in [4.69, 9.17) is 4.74 Å². The molecule has 0 radical (unpaired) electrons. The molecule has 1 saturated heterocycles. The lowest BCUT2D eigenvalue weighted by molar-refractivity contribution is -0.143. The molecule has 1 spiro atoms. The number of ether oxygens (including phenoxy) is 1. The van der Waals surface area contributed by atoms with Crippen LogP contribution in [0.15, 0.2) is 11.1 Å². The maximum Gasteiger partial charge on any atom is 0.190 e. The van der Waals surface area contributed by atoms with Crippen molar-refractivity contribution in [3.63, 3.8) is 0 Å². The highest BCUT2D eigenvalue weighted by atomic mass is 16.5. The summed E-state index contributed by atoms with van der Waals surface area (Å²) < 4.78 is 6.18. The van der Waals surface area contributed by atoms with Crippen molar-refractivity contribution >= 4 is 5.78 Å². The third kappa shape index (κ3) is 0.951. The van der Waals surface area contributed by atoms with Gasteiger partial charge in [0.05, 0.1) is 6.10 Å². The average molecular weight is 218 g/mol. The minimum absolute atomic E-state index is 0.318. The number of Topliss-reactive ketones (excluding diaryl/α,β-unsaturated/α-hetero) is 1. The number of fused-ring (bicyclic) bond motifs is 2. The molecule has 0 aromatic heterocycles. The van der Waals surface area contributed by atoms with E-state index in [0.29, 0.717) is 17.8 Å². The summed E-state index contributed by atoms with van der Waals surface area (Å²) in [6, 6.07) is 0. The molecular weight excluding hydrogens is 200 g/mol. The van der Waals surface area contributed by atoms with Gasteiger partial charge in [-0.2, -0.15) is 0 Å². The van der Waals surface area contributed by atoms with Crippen LogP contribution in [0.4, 0.5) is 0 Å². The highest BCUT2D eigenvalue weighted by Gasteiger charge is 2.60. The Hall–Kier alpha value is -0.630. The van der Waals surface area contributed by atoms with Gasteiger partial charge in [-0.3, -0.25) is 4.79 Å². The van der Waals surface area contributed by atoms with Gasteiger partial charge in [0, 0.05) is 0 Å². The third-order valence-electron chi connectivity index (χ3n) is 5.17. The highest BCUT2D eigenvalue weighted by molar-refractivity contribution is 6.04. The van der Waals surface area contributed by atoms with E-state index in [-0.39, 0.29) is 5.60 Å². The number of rotatable bonds is 0. The molecule has 2 nitrogen and oxygen atoms in total. The van der Waals surface area contributed by atoms with Crippen LogP contribution in [-0.2, 0) is 9.53 Å². The van der Waals surface area contributed by atoms with Crippen molar-refractivity contribution in [3.05, 3.63) is 11.1 Å². The molecular formula is C14H18O2. The molecule has 0 aromatic carbocycles. The molecule has 86 valence electrons. The van der Waals surface area contributed by atoms with Crippen molar-refractivity contribution in [2.24, 2.45) is 5.92 Å². The Morgan fingerprint density at radius 1 is 1.19 bits per heavy atom. The molecule has 1 saturated carbocycles. The Labute approximate surface area is 96.0 Å².